The quantitative estimate of drug-likeness (QED) is 0.780. The Bertz CT molecular complexity index is 638. The highest BCUT2D eigenvalue weighted by Gasteiger charge is 2.45. The third kappa shape index (κ3) is 4.07. The molecule has 8 heteroatoms. The number of nitrogens with zero attached hydrogens (tertiary/aromatic N) is 1. The van der Waals surface area contributed by atoms with Crippen molar-refractivity contribution in [3.63, 3.8) is 0 Å². The second-order valence-corrected chi connectivity index (χ2v) is 7.41. The van der Waals surface area contributed by atoms with Crippen molar-refractivity contribution < 1.29 is 22.3 Å². The average molecular weight is 344 g/mol. The lowest BCUT2D eigenvalue weighted by Crippen LogP contribution is -2.55. The molecule has 1 aromatic carbocycles. The number of rotatable bonds is 6. The highest BCUT2D eigenvalue weighted by atomic mass is 32.2. The van der Waals surface area contributed by atoms with Crippen LogP contribution >= 0.6 is 0 Å². The summed E-state index contributed by atoms with van der Waals surface area (Å²) in [6.45, 7) is 0.192. The third-order valence-electron chi connectivity index (χ3n) is 3.79. The maximum atomic E-state index is 14.9. The summed E-state index contributed by atoms with van der Waals surface area (Å²) in [5.41, 5.74) is -2.21. The molecule has 1 fully saturated rings. The highest BCUT2D eigenvalue weighted by Crippen LogP contribution is 2.29. The van der Waals surface area contributed by atoms with Gasteiger partial charge in [0.25, 0.3) is 5.91 Å². The minimum atomic E-state index is -3.80. The van der Waals surface area contributed by atoms with Gasteiger partial charge in [0.2, 0.25) is 15.7 Å². The van der Waals surface area contributed by atoms with E-state index in [0.29, 0.717) is 6.42 Å². The van der Waals surface area contributed by atoms with Gasteiger partial charge in [-0.3, -0.25) is 4.79 Å². The Labute approximate surface area is 135 Å². The maximum absolute atomic E-state index is 14.9. The summed E-state index contributed by atoms with van der Waals surface area (Å²) in [6.07, 6.45) is 0.298. The van der Waals surface area contributed by atoms with Gasteiger partial charge >= 0.3 is 0 Å². The maximum Gasteiger partial charge on any atom is 0.259 e. The summed E-state index contributed by atoms with van der Waals surface area (Å²) in [5, 5.41) is 2.45. The van der Waals surface area contributed by atoms with Gasteiger partial charge in [-0.1, -0.05) is 18.2 Å². The number of sulfonamides is 1. The van der Waals surface area contributed by atoms with Crippen molar-refractivity contribution in [3.8, 4) is 0 Å². The van der Waals surface area contributed by atoms with Crippen LogP contribution in [-0.4, -0.2) is 57.6 Å². The molecular weight excluding hydrogens is 323 g/mol. The number of alkyl halides is 1. The lowest BCUT2D eigenvalue weighted by molar-refractivity contribution is -0.135. The first-order valence-corrected chi connectivity index (χ1v) is 8.85. The summed E-state index contributed by atoms with van der Waals surface area (Å²) in [4.78, 5) is 12.1. The smallest absolute Gasteiger partial charge is 0.259 e. The van der Waals surface area contributed by atoms with Crippen LogP contribution in [0.5, 0.6) is 0 Å². The van der Waals surface area contributed by atoms with Crippen molar-refractivity contribution in [3.05, 3.63) is 30.3 Å². The van der Waals surface area contributed by atoms with Gasteiger partial charge < -0.3 is 10.1 Å². The minimum Gasteiger partial charge on any atom is -0.383 e. The van der Waals surface area contributed by atoms with Gasteiger partial charge in [-0.15, -0.1) is 0 Å². The van der Waals surface area contributed by atoms with Crippen LogP contribution in [0.15, 0.2) is 35.2 Å². The molecule has 0 radical (unpaired) electrons. The van der Waals surface area contributed by atoms with Gasteiger partial charge in [-0.05, 0) is 25.0 Å². The van der Waals surface area contributed by atoms with Gasteiger partial charge in [0.15, 0.2) is 0 Å². The third-order valence-corrected chi connectivity index (χ3v) is 5.65. The molecule has 0 aromatic heterocycles. The van der Waals surface area contributed by atoms with E-state index in [2.05, 4.69) is 5.32 Å². The molecule has 0 saturated carbocycles. The molecule has 1 saturated heterocycles. The van der Waals surface area contributed by atoms with E-state index in [0.717, 1.165) is 4.31 Å². The second kappa shape index (κ2) is 7.37. The summed E-state index contributed by atoms with van der Waals surface area (Å²) >= 11 is 0. The van der Waals surface area contributed by atoms with Crippen molar-refractivity contribution in [1.29, 1.82) is 0 Å². The molecule has 6 nitrogen and oxygen atoms in total. The van der Waals surface area contributed by atoms with Gasteiger partial charge in [0.05, 0.1) is 18.0 Å². The molecule has 128 valence electrons. The predicted molar refractivity (Wildman–Crippen MR) is 83.2 cm³/mol. The number of nitrogens with one attached hydrogen (secondary N) is 1. The van der Waals surface area contributed by atoms with E-state index >= 15 is 0 Å². The van der Waals surface area contributed by atoms with Crippen LogP contribution in [-0.2, 0) is 19.6 Å². The largest absolute Gasteiger partial charge is 0.383 e. The number of halogens is 1. The van der Waals surface area contributed by atoms with Crippen LogP contribution in [0.25, 0.3) is 0 Å². The van der Waals surface area contributed by atoms with Crippen molar-refractivity contribution in [1.82, 2.24) is 9.62 Å². The summed E-state index contributed by atoms with van der Waals surface area (Å²) < 4.78 is 45.9. The fraction of sp³-hybridized carbons (Fsp3) is 0.533. The zero-order valence-electron chi connectivity index (χ0n) is 13.0. The Kier molecular flexibility index (Phi) is 5.72. The van der Waals surface area contributed by atoms with Crippen LogP contribution in [0.3, 0.4) is 0 Å². The molecule has 1 aliphatic heterocycles. The Balaban J connectivity index is 2.12. The number of hydrogen-bond acceptors (Lipinski definition) is 4. The minimum absolute atomic E-state index is 0.00657. The number of ether oxygens (including phenoxy) is 1. The van der Waals surface area contributed by atoms with E-state index in [-0.39, 0.29) is 31.0 Å². The van der Waals surface area contributed by atoms with Crippen LogP contribution in [0.2, 0.25) is 0 Å². The number of methoxy groups -OCH3 is 1. The molecule has 0 bridgehead atoms. The molecular formula is C15H21FN2O4S. The fourth-order valence-electron chi connectivity index (χ4n) is 2.53. The first kappa shape index (κ1) is 17.8. The standard InChI is InChI=1S/C15H21FN2O4S/c1-22-11-9-17-14(19)15(16)8-5-10-18(12-15)23(20,21)13-6-3-2-4-7-13/h2-4,6-7H,5,8-12H2,1H3,(H,17,19). The zero-order valence-corrected chi connectivity index (χ0v) is 13.8. The summed E-state index contributed by atoms with van der Waals surface area (Å²) in [6, 6.07) is 7.84. The normalized spacial score (nSPS) is 22.7. The van der Waals surface area contributed by atoms with Crippen molar-refractivity contribution in [2.45, 2.75) is 23.4 Å². The SMILES string of the molecule is COCCNC(=O)C1(F)CCCN(S(=O)(=O)c2ccccc2)C1. The lowest BCUT2D eigenvalue weighted by atomic mass is 9.95. The number of benzene rings is 1. The molecule has 1 aromatic rings. The molecule has 0 aliphatic carbocycles. The van der Waals surface area contributed by atoms with Gasteiger partial charge in [0.1, 0.15) is 0 Å². The number of amides is 1. The summed E-state index contributed by atoms with van der Waals surface area (Å²) in [7, 11) is -2.32. The Morgan fingerprint density at radius 3 is 2.74 bits per heavy atom. The van der Waals surface area contributed by atoms with Crippen molar-refractivity contribution in [2.24, 2.45) is 0 Å². The highest BCUT2D eigenvalue weighted by molar-refractivity contribution is 7.89. The van der Waals surface area contributed by atoms with E-state index in [1.165, 1.54) is 19.2 Å². The average Bonchev–Trinajstić information content (AvgIpc) is 2.56. The van der Waals surface area contributed by atoms with Gasteiger partial charge in [-0.25, -0.2) is 12.8 Å². The van der Waals surface area contributed by atoms with Crippen LogP contribution in [0, 0.1) is 0 Å². The van der Waals surface area contributed by atoms with Gasteiger partial charge in [-0.2, -0.15) is 4.31 Å². The second-order valence-electron chi connectivity index (χ2n) is 5.47. The number of piperidine rings is 1. The predicted octanol–water partition coefficient (Wildman–Crippen LogP) is 0.942. The van der Waals surface area contributed by atoms with E-state index < -0.39 is 28.1 Å². The Hall–Kier alpha value is -1.51. The molecule has 1 aliphatic rings. The molecule has 2 rings (SSSR count). The molecule has 1 amide bonds. The lowest BCUT2D eigenvalue weighted by Gasteiger charge is -2.35. The fourth-order valence-corrected chi connectivity index (χ4v) is 4.07. The first-order chi connectivity index (χ1) is 10.9. The van der Waals surface area contributed by atoms with Crippen molar-refractivity contribution >= 4 is 15.9 Å². The monoisotopic (exact) mass is 344 g/mol. The van der Waals surface area contributed by atoms with E-state index in [9.17, 15) is 17.6 Å². The summed E-state index contributed by atoms with van der Waals surface area (Å²) in [5.74, 6) is -0.789. The molecule has 23 heavy (non-hydrogen) atoms. The van der Waals surface area contributed by atoms with Crippen molar-refractivity contribution in [2.75, 3.05) is 33.4 Å². The van der Waals surface area contributed by atoms with Crippen LogP contribution < -0.4 is 5.32 Å². The van der Waals surface area contributed by atoms with E-state index in [1.54, 1.807) is 18.2 Å². The molecule has 1 atom stereocenters. The topological polar surface area (TPSA) is 75.7 Å². The molecule has 1 unspecified atom stereocenters. The molecule has 1 N–H and O–H groups in total. The van der Waals surface area contributed by atoms with Crippen LogP contribution in [0.1, 0.15) is 12.8 Å². The molecule has 1 heterocycles. The number of hydrogen-bond donors (Lipinski definition) is 1. The Morgan fingerprint density at radius 1 is 1.39 bits per heavy atom. The number of carbonyl (C=O) groups excluding carboxylic acids is 1. The first-order valence-electron chi connectivity index (χ1n) is 7.41. The van der Waals surface area contributed by atoms with Gasteiger partial charge in [0, 0.05) is 20.2 Å². The number of carbonyl (C=O) groups is 1. The Morgan fingerprint density at radius 2 is 2.09 bits per heavy atom. The van der Waals surface area contributed by atoms with E-state index in [4.69, 9.17) is 4.74 Å². The molecule has 0 spiro atoms. The zero-order chi connectivity index (χ0) is 16.9. The van der Waals surface area contributed by atoms with E-state index in [1.807, 2.05) is 0 Å². The van der Waals surface area contributed by atoms with Crippen LogP contribution in [0.4, 0.5) is 4.39 Å².